The van der Waals surface area contributed by atoms with Gasteiger partial charge in [0.05, 0.1) is 13.2 Å². The first-order chi connectivity index (χ1) is 14.7. The SMILES string of the molecule is CCOC(=O)CN[C@H](C)[C@H](CCc1ccsc1)c1ccc(Oc2ccccc2)cc1. The molecular weight excluding hydrogens is 394 g/mol. The fourth-order valence-corrected chi connectivity index (χ4v) is 4.17. The van der Waals surface area contributed by atoms with E-state index in [4.69, 9.17) is 9.47 Å². The first-order valence-corrected chi connectivity index (χ1v) is 11.3. The fraction of sp³-hybridized carbons (Fsp3) is 0.320. The van der Waals surface area contributed by atoms with Crippen LogP contribution in [0, 0.1) is 0 Å². The van der Waals surface area contributed by atoms with Gasteiger partial charge in [0.1, 0.15) is 11.5 Å². The summed E-state index contributed by atoms with van der Waals surface area (Å²) >= 11 is 1.72. The standard InChI is InChI=1S/C25H29NO3S/c1-3-28-25(27)17-26-19(2)24(14-9-20-15-16-30-18-20)21-10-12-23(13-11-21)29-22-7-5-4-6-8-22/h4-8,10-13,15-16,18-19,24,26H,3,9,14,17H2,1-2H3/t19-,24+/m1/s1. The first kappa shape index (κ1) is 22.1. The van der Waals surface area contributed by atoms with Gasteiger partial charge in [-0.3, -0.25) is 4.79 Å². The maximum absolute atomic E-state index is 11.8. The van der Waals surface area contributed by atoms with E-state index in [2.05, 4.69) is 41.2 Å². The molecule has 5 heteroatoms. The highest BCUT2D eigenvalue weighted by atomic mass is 32.1. The average Bonchev–Trinajstić information content (AvgIpc) is 3.28. The van der Waals surface area contributed by atoms with Gasteiger partial charge < -0.3 is 14.8 Å². The van der Waals surface area contributed by atoms with E-state index in [1.54, 1.807) is 11.3 Å². The zero-order valence-corrected chi connectivity index (χ0v) is 18.4. The van der Waals surface area contributed by atoms with Crippen LogP contribution in [-0.2, 0) is 16.0 Å². The van der Waals surface area contributed by atoms with E-state index in [0.717, 1.165) is 24.3 Å². The molecule has 2 aromatic carbocycles. The Morgan fingerprint density at radius 3 is 2.43 bits per heavy atom. The second-order valence-electron chi connectivity index (χ2n) is 7.24. The van der Waals surface area contributed by atoms with Crippen molar-refractivity contribution in [2.75, 3.05) is 13.2 Å². The number of carbonyl (C=O) groups is 1. The molecule has 0 spiro atoms. The van der Waals surface area contributed by atoms with Crippen molar-refractivity contribution in [3.63, 3.8) is 0 Å². The Morgan fingerprint density at radius 2 is 1.77 bits per heavy atom. The Bertz CT molecular complexity index is 879. The van der Waals surface area contributed by atoms with Crippen molar-refractivity contribution >= 4 is 17.3 Å². The van der Waals surface area contributed by atoms with Gasteiger partial charge in [-0.05, 0) is 84.8 Å². The summed E-state index contributed by atoms with van der Waals surface area (Å²) < 4.78 is 11.0. The molecule has 0 aliphatic rings. The molecule has 0 fully saturated rings. The number of para-hydroxylation sites is 1. The lowest BCUT2D eigenvalue weighted by Gasteiger charge is -2.25. The van der Waals surface area contributed by atoms with Crippen LogP contribution in [0.5, 0.6) is 11.5 Å². The van der Waals surface area contributed by atoms with Gasteiger partial charge in [-0.1, -0.05) is 30.3 Å². The van der Waals surface area contributed by atoms with Crippen LogP contribution in [0.1, 0.15) is 37.3 Å². The minimum absolute atomic E-state index is 0.133. The van der Waals surface area contributed by atoms with Crippen molar-refractivity contribution in [3.05, 3.63) is 82.6 Å². The molecule has 2 atom stereocenters. The van der Waals surface area contributed by atoms with E-state index in [1.165, 1.54) is 11.1 Å². The predicted octanol–water partition coefficient (Wildman–Crippen LogP) is 5.80. The van der Waals surface area contributed by atoms with E-state index in [0.29, 0.717) is 6.61 Å². The maximum atomic E-state index is 11.8. The number of esters is 1. The van der Waals surface area contributed by atoms with Crippen molar-refractivity contribution in [1.29, 1.82) is 0 Å². The number of nitrogens with one attached hydrogen (secondary N) is 1. The van der Waals surface area contributed by atoms with Crippen LogP contribution < -0.4 is 10.1 Å². The highest BCUT2D eigenvalue weighted by molar-refractivity contribution is 7.07. The number of ether oxygens (including phenoxy) is 2. The van der Waals surface area contributed by atoms with E-state index in [-0.39, 0.29) is 24.5 Å². The average molecular weight is 424 g/mol. The second kappa shape index (κ2) is 11.5. The Labute approximate surface area is 182 Å². The Balaban J connectivity index is 1.68. The zero-order chi connectivity index (χ0) is 21.2. The van der Waals surface area contributed by atoms with Gasteiger partial charge in [-0.15, -0.1) is 0 Å². The highest BCUT2D eigenvalue weighted by Gasteiger charge is 2.20. The third-order valence-electron chi connectivity index (χ3n) is 5.09. The lowest BCUT2D eigenvalue weighted by molar-refractivity contribution is -0.142. The van der Waals surface area contributed by atoms with Gasteiger partial charge in [0.2, 0.25) is 0 Å². The summed E-state index contributed by atoms with van der Waals surface area (Å²) in [6.07, 6.45) is 1.99. The molecule has 0 radical (unpaired) electrons. The number of hydrogen-bond donors (Lipinski definition) is 1. The summed E-state index contributed by atoms with van der Waals surface area (Å²) in [6, 6.07) is 20.4. The van der Waals surface area contributed by atoms with Crippen molar-refractivity contribution in [2.24, 2.45) is 0 Å². The molecule has 0 aliphatic heterocycles. The summed E-state index contributed by atoms with van der Waals surface area (Å²) in [4.78, 5) is 11.8. The van der Waals surface area contributed by atoms with Crippen LogP contribution in [-0.4, -0.2) is 25.2 Å². The van der Waals surface area contributed by atoms with E-state index in [9.17, 15) is 4.79 Å². The molecule has 1 heterocycles. The summed E-state index contributed by atoms with van der Waals surface area (Å²) in [5.74, 6) is 1.69. The number of aryl methyl sites for hydroxylation is 1. The van der Waals surface area contributed by atoms with Gasteiger partial charge in [0.25, 0.3) is 0 Å². The monoisotopic (exact) mass is 423 g/mol. The lowest BCUT2D eigenvalue weighted by atomic mass is 9.87. The van der Waals surface area contributed by atoms with Crippen LogP contribution in [0.15, 0.2) is 71.4 Å². The topological polar surface area (TPSA) is 47.6 Å². The molecule has 4 nitrogen and oxygen atoms in total. The van der Waals surface area contributed by atoms with Crippen molar-refractivity contribution in [3.8, 4) is 11.5 Å². The molecule has 0 saturated carbocycles. The summed E-state index contributed by atoms with van der Waals surface area (Å²) in [5, 5.41) is 7.66. The van der Waals surface area contributed by atoms with Crippen molar-refractivity contribution in [1.82, 2.24) is 5.32 Å². The third kappa shape index (κ3) is 6.71. The molecule has 1 aromatic heterocycles. The number of carbonyl (C=O) groups excluding carboxylic acids is 1. The molecule has 0 unspecified atom stereocenters. The van der Waals surface area contributed by atoms with Gasteiger partial charge in [0.15, 0.2) is 0 Å². The molecule has 158 valence electrons. The Morgan fingerprint density at radius 1 is 1.03 bits per heavy atom. The highest BCUT2D eigenvalue weighted by Crippen LogP contribution is 2.29. The molecule has 1 N–H and O–H groups in total. The van der Waals surface area contributed by atoms with Gasteiger partial charge in [-0.25, -0.2) is 0 Å². The second-order valence-corrected chi connectivity index (χ2v) is 8.02. The van der Waals surface area contributed by atoms with Gasteiger partial charge in [-0.2, -0.15) is 11.3 Å². The van der Waals surface area contributed by atoms with E-state index < -0.39 is 0 Å². The van der Waals surface area contributed by atoms with Gasteiger partial charge in [0, 0.05) is 6.04 Å². The van der Waals surface area contributed by atoms with Gasteiger partial charge >= 0.3 is 5.97 Å². The van der Waals surface area contributed by atoms with E-state index >= 15 is 0 Å². The van der Waals surface area contributed by atoms with Crippen molar-refractivity contribution < 1.29 is 14.3 Å². The minimum Gasteiger partial charge on any atom is -0.465 e. The Hall–Kier alpha value is -2.63. The number of thiophene rings is 1. The zero-order valence-electron chi connectivity index (χ0n) is 17.5. The fourth-order valence-electron chi connectivity index (χ4n) is 3.47. The minimum atomic E-state index is -0.215. The van der Waals surface area contributed by atoms with Crippen LogP contribution in [0.3, 0.4) is 0 Å². The molecule has 0 aliphatic carbocycles. The Kier molecular flexibility index (Phi) is 8.48. The smallest absolute Gasteiger partial charge is 0.319 e. The number of rotatable bonds is 11. The van der Waals surface area contributed by atoms with Crippen LogP contribution in [0.2, 0.25) is 0 Å². The van der Waals surface area contributed by atoms with E-state index in [1.807, 2.05) is 49.4 Å². The quantitative estimate of drug-likeness (QED) is 0.396. The molecule has 0 bridgehead atoms. The summed E-state index contributed by atoms with van der Waals surface area (Å²) in [7, 11) is 0. The molecular formula is C25H29NO3S. The predicted molar refractivity (Wildman–Crippen MR) is 122 cm³/mol. The molecule has 0 saturated heterocycles. The van der Waals surface area contributed by atoms with Crippen molar-refractivity contribution in [2.45, 2.75) is 38.6 Å². The number of hydrogen-bond acceptors (Lipinski definition) is 5. The maximum Gasteiger partial charge on any atom is 0.319 e. The largest absolute Gasteiger partial charge is 0.465 e. The molecule has 0 amide bonds. The molecule has 3 rings (SSSR count). The van der Waals surface area contributed by atoms with Crippen LogP contribution in [0.4, 0.5) is 0 Å². The first-order valence-electron chi connectivity index (χ1n) is 10.4. The normalized spacial score (nSPS) is 12.9. The van der Waals surface area contributed by atoms with Crippen LogP contribution >= 0.6 is 11.3 Å². The number of benzene rings is 2. The lowest BCUT2D eigenvalue weighted by Crippen LogP contribution is -2.37. The van der Waals surface area contributed by atoms with Crippen LogP contribution in [0.25, 0.3) is 0 Å². The molecule has 30 heavy (non-hydrogen) atoms. The summed E-state index contributed by atoms with van der Waals surface area (Å²) in [6.45, 7) is 4.58. The third-order valence-corrected chi connectivity index (χ3v) is 5.82. The summed E-state index contributed by atoms with van der Waals surface area (Å²) in [5.41, 5.74) is 2.58. The molecule has 3 aromatic rings.